The number of carbonyl (C=O) groups excluding carboxylic acids is 1. The van der Waals surface area contributed by atoms with Crippen LogP contribution in [0.25, 0.3) is 11.0 Å². The summed E-state index contributed by atoms with van der Waals surface area (Å²) in [7, 11) is 1.46. The molecule has 2 aromatic heterocycles. The first-order valence-electron chi connectivity index (χ1n) is 7.65. The third kappa shape index (κ3) is 3.21. The monoisotopic (exact) mass is 358 g/mol. The first-order chi connectivity index (χ1) is 12.1. The highest BCUT2D eigenvalue weighted by Gasteiger charge is 2.14. The Morgan fingerprint density at radius 2 is 2.16 bits per heavy atom. The van der Waals surface area contributed by atoms with E-state index in [0.717, 1.165) is 16.3 Å². The molecule has 3 rings (SSSR count). The minimum Gasteiger partial charge on any atom is -0.496 e. The summed E-state index contributed by atoms with van der Waals surface area (Å²) in [6.07, 6.45) is 5.12. The molecule has 0 aliphatic rings. The van der Waals surface area contributed by atoms with E-state index >= 15 is 0 Å². The topological polar surface area (TPSA) is 84.1 Å². The van der Waals surface area contributed by atoms with Gasteiger partial charge in [0.05, 0.1) is 31.7 Å². The molecular weight excluding hydrogens is 340 g/mol. The van der Waals surface area contributed by atoms with Gasteiger partial charge in [0.25, 0.3) is 0 Å². The predicted molar refractivity (Wildman–Crippen MR) is 96.0 cm³/mol. The lowest BCUT2D eigenvalue weighted by molar-refractivity contribution is 0.104. The van der Waals surface area contributed by atoms with Crippen LogP contribution in [0.2, 0.25) is 0 Å². The first-order valence-corrected chi connectivity index (χ1v) is 8.53. The first kappa shape index (κ1) is 17.3. The number of methoxy groups -OCH3 is 1. The van der Waals surface area contributed by atoms with Crippen molar-refractivity contribution in [3.8, 4) is 5.75 Å². The quantitative estimate of drug-likeness (QED) is 0.523. The van der Waals surface area contributed by atoms with Gasteiger partial charge in [0.2, 0.25) is 0 Å². The third-order valence-electron chi connectivity index (χ3n) is 4.01. The van der Waals surface area contributed by atoms with Crippen molar-refractivity contribution in [2.24, 2.45) is 0 Å². The highest BCUT2D eigenvalue weighted by Crippen LogP contribution is 2.26. The smallest absolute Gasteiger partial charge is 0.194 e. The maximum Gasteiger partial charge on any atom is 0.194 e. The minimum absolute atomic E-state index is 0.220. The summed E-state index contributed by atoms with van der Waals surface area (Å²) in [5.41, 5.74) is 3.04. The highest BCUT2D eigenvalue weighted by molar-refractivity contribution is 7.15. The van der Waals surface area contributed by atoms with Crippen LogP contribution in [0.1, 0.15) is 32.9 Å². The molecule has 0 fully saturated rings. The van der Waals surface area contributed by atoms with Crippen molar-refractivity contribution in [3.05, 3.63) is 57.9 Å². The maximum atomic E-state index is 12.5. The van der Waals surface area contributed by atoms with Crippen LogP contribution in [0.5, 0.6) is 5.75 Å². The van der Waals surface area contributed by atoms with E-state index in [1.807, 2.05) is 22.9 Å². The number of allylic oxidation sites excluding steroid dienone is 1. The van der Waals surface area contributed by atoms with Gasteiger partial charge in [0, 0.05) is 22.7 Å². The Labute approximate surface area is 148 Å². The molecule has 0 saturated heterocycles. The summed E-state index contributed by atoms with van der Waals surface area (Å²) in [5.74, 6) is 0.161. The molecule has 3 aromatic rings. The molecule has 0 amide bonds. The van der Waals surface area contributed by atoms with Crippen molar-refractivity contribution < 1.29 is 19.7 Å². The molecule has 0 bridgehead atoms. The van der Waals surface area contributed by atoms with Crippen molar-refractivity contribution >= 4 is 28.2 Å². The lowest BCUT2D eigenvalue weighted by Gasteiger charge is -2.12. The van der Waals surface area contributed by atoms with E-state index in [2.05, 4.69) is 4.98 Å². The van der Waals surface area contributed by atoms with Gasteiger partial charge in [-0.3, -0.25) is 9.20 Å². The van der Waals surface area contributed by atoms with E-state index in [1.54, 1.807) is 18.2 Å². The molecule has 0 atom stereocenters. The van der Waals surface area contributed by atoms with E-state index in [1.165, 1.54) is 24.5 Å². The summed E-state index contributed by atoms with van der Waals surface area (Å²) in [6, 6.07) is 3.14. The summed E-state index contributed by atoms with van der Waals surface area (Å²) in [5, 5.41) is 20.8. The van der Waals surface area contributed by atoms with Gasteiger partial charge in [-0.05, 0) is 36.8 Å². The fraction of sp³-hybridized carbons (Fsp3) is 0.222. The molecule has 2 heterocycles. The van der Waals surface area contributed by atoms with Crippen LogP contribution in [0.4, 0.5) is 0 Å². The molecule has 1 aromatic carbocycles. The van der Waals surface area contributed by atoms with E-state index in [0.29, 0.717) is 22.4 Å². The van der Waals surface area contributed by atoms with Crippen LogP contribution >= 0.6 is 11.3 Å². The van der Waals surface area contributed by atoms with Crippen LogP contribution in [0.15, 0.2) is 29.8 Å². The van der Waals surface area contributed by atoms with Gasteiger partial charge in [-0.2, -0.15) is 0 Å². The zero-order chi connectivity index (χ0) is 18.0. The number of benzene rings is 1. The molecular formula is C18H18N2O4S. The Morgan fingerprint density at radius 3 is 2.84 bits per heavy atom. The number of ketones is 1. The second-order valence-corrected chi connectivity index (χ2v) is 6.34. The van der Waals surface area contributed by atoms with E-state index in [-0.39, 0.29) is 19.0 Å². The number of hydrogen-bond donors (Lipinski definition) is 2. The van der Waals surface area contributed by atoms with Crippen LogP contribution in [-0.2, 0) is 13.2 Å². The van der Waals surface area contributed by atoms with Gasteiger partial charge in [-0.15, -0.1) is 11.3 Å². The Bertz CT molecular complexity index is 930. The number of rotatable bonds is 6. The van der Waals surface area contributed by atoms with Gasteiger partial charge in [-0.25, -0.2) is 4.98 Å². The summed E-state index contributed by atoms with van der Waals surface area (Å²) >= 11 is 1.53. The summed E-state index contributed by atoms with van der Waals surface area (Å²) in [4.78, 5) is 17.9. The van der Waals surface area contributed by atoms with Gasteiger partial charge >= 0.3 is 0 Å². The number of hydrogen-bond acceptors (Lipinski definition) is 6. The molecule has 7 heteroatoms. The van der Waals surface area contributed by atoms with Crippen LogP contribution in [0, 0.1) is 6.92 Å². The largest absolute Gasteiger partial charge is 0.496 e. The minimum atomic E-state index is -0.283. The Morgan fingerprint density at radius 1 is 1.36 bits per heavy atom. The van der Waals surface area contributed by atoms with Gasteiger partial charge in [0.1, 0.15) is 5.75 Å². The normalized spacial score (nSPS) is 11.5. The average Bonchev–Trinajstić information content (AvgIpc) is 3.18. The van der Waals surface area contributed by atoms with Gasteiger partial charge < -0.3 is 14.9 Å². The number of aromatic nitrogens is 2. The van der Waals surface area contributed by atoms with Crippen molar-refractivity contribution in [1.82, 2.24) is 9.38 Å². The highest BCUT2D eigenvalue weighted by atomic mass is 32.1. The number of ether oxygens (including phenoxy) is 1. The maximum absolute atomic E-state index is 12.5. The number of imidazole rings is 1. The molecule has 25 heavy (non-hydrogen) atoms. The Balaban J connectivity index is 1.95. The number of aryl methyl sites for hydroxylation is 1. The molecule has 0 aliphatic carbocycles. The number of nitrogens with zero attached hydrogens (tertiary/aromatic N) is 2. The van der Waals surface area contributed by atoms with Crippen LogP contribution < -0.4 is 4.74 Å². The standard InChI is InChI=1S/C18H18N2O4S/c1-11-15(20-5-6-25-18(20)19-11)3-4-16(23)12-7-13(9-21)14(10-22)17(8-12)24-2/h3-8,21-22H,9-10H2,1-2H3/b4-3+. The fourth-order valence-corrected chi connectivity index (χ4v) is 3.48. The molecule has 0 unspecified atom stereocenters. The zero-order valence-electron chi connectivity index (χ0n) is 13.9. The summed E-state index contributed by atoms with van der Waals surface area (Å²) < 4.78 is 7.16. The van der Waals surface area contributed by atoms with E-state index in [9.17, 15) is 15.0 Å². The number of aliphatic hydroxyl groups excluding tert-OH is 2. The average molecular weight is 358 g/mol. The number of carbonyl (C=O) groups is 1. The number of aliphatic hydroxyl groups is 2. The fourth-order valence-electron chi connectivity index (χ4n) is 2.71. The van der Waals surface area contributed by atoms with Gasteiger partial charge in [0.15, 0.2) is 10.7 Å². The van der Waals surface area contributed by atoms with E-state index < -0.39 is 0 Å². The molecule has 0 saturated carbocycles. The molecule has 2 N–H and O–H groups in total. The lowest BCUT2D eigenvalue weighted by atomic mass is 10.0. The van der Waals surface area contributed by atoms with Crippen molar-refractivity contribution in [2.75, 3.05) is 7.11 Å². The van der Waals surface area contributed by atoms with Crippen LogP contribution in [0.3, 0.4) is 0 Å². The van der Waals surface area contributed by atoms with Gasteiger partial charge in [-0.1, -0.05) is 0 Å². The second kappa shape index (κ2) is 7.18. The second-order valence-electron chi connectivity index (χ2n) is 5.47. The number of thiazole rings is 1. The lowest BCUT2D eigenvalue weighted by Crippen LogP contribution is -2.04. The zero-order valence-corrected chi connectivity index (χ0v) is 14.7. The summed E-state index contributed by atoms with van der Waals surface area (Å²) in [6.45, 7) is 1.34. The van der Waals surface area contributed by atoms with Crippen molar-refractivity contribution in [3.63, 3.8) is 0 Å². The Kier molecular flexibility index (Phi) is 4.98. The third-order valence-corrected chi connectivity index (χ3v) is 4.77. The molecule has 130 valence electrons. The SMILES string of the molecule is COc1cc(C(=O)/C=C/c2c(C)nc3sccn23)cc(CO)c1CO. The predicted octanol–water partition coefficient (Wildman–Crippen LogP) is 2.59. The van der Waals surface area contributed by atoms with Crippen molar-refractivity contribution in [1.29, 1.82) is 0 Å². The van der Waals surface area contributed by atoms with Crippen LogP contribution in [-0.4, -0.2) is 32.5 Å². The Hall–Kier alpha value is -2.48. The number of fused-ring (bicyclic) bond motifs is 1. The van der Waals surface area contributed by atoms with Crippen molar-refractivity contribution in [2.45, 2.75) is 20.1 Å². The molecule has 0 radical (unpaired) electrons. The molecule has 0 spiro atoms. The molecule has 0 aliphatic heterocycles. The van der Waals surface area contributed by atoms with E-state index in [4.69, 9.17) is 4.74 Å². The molecule has 6 nitrogen and oxygen atoms in total.